The fourth-order valence-electron chi connectivity index (χ4n) is 5.50. The van der Waals surface area contributed by atoms with Gasteiger partial charge in [-0.3, -0.25) is 9.69 Å². The lowest BCUT2D eigenvalue weighted by Crippen LogP contribution is -2.50. The fourth-order valence-corrected chi connectivity index (χ4v) is 5.66. The second-order valence-electron chi connectivity index (χ2n) is 10.0. The minimum atomic E-state index is -0.456. The molecule has 198 valence electrons. The van der Waals surface area contributed by atoms with Gasteiger partial charge in [0, 0.05) is 37.7 Å². The second-order valence-corrected chi connectivity index (χ2v) is 10.5. The molecule has 9 nitrogen and oxygen atoms in total. The molecule has 37 heavy (non-hydrogen) atoms. The van der Waals surface area contributed by atoms with Crippen molar-refractivity contribution in [3.05, 3.63) is 34.7 Å². The summed E-state index contributed by atoms with van der Waals surface area (Å²) in [7, 11) is 3.96. The van der Waals surface area contributed by atoms with Crippen molar-refractivity contribution in [2.45, 2.75) is 58.2 Å². The molecular weight excluding hydrogens is 495 g/mol. The molecule has 0 spiro atoms. The van der Waals surface area contributed by atoms with Gasteiger partial charge in [-0.25, -0.2) is 9.07 Å². The van der Waals surface area contributed by atoms with E-state index in [4.69, 9.17) is 21.6 Å². The molecule has 5 rings (SSSR count). The van der Waals surface area contributed by atoms with Gasteiger partial charge in [0.05, 0.1) is 22.8 Å². The third kappa shape index (κ3) is 4.96. The van der Waals surface area contributed by atoms with Crippen LogP contribution in [0.3, 0.4) is 0 Å². The summed E-state index contributed by atoms with van der Waals surface area (Å²) in [5.74, 6) is 0.844. The van der Waals surface area contributed by atoms with E-state index in [1.165, 1.54) is 6.07 Å². The molecule has 2 aliphatic rings. The van der Waals surface area contributed by atoms with Gasteiger partial charge in [0.1, 0.15) is 11.6 Å². The standard InChI is InChI=1S/C26H34ClFN8O/c1-5-36-24-22(16(2)32-36)23(29-20-9-8-17(27)15-19(20)28)30-26(31-24)35-13-10-18(11-14-35)34(4)25(37)21-7-6-12-33(21)3/h8-9,15,18,21H,5-7,10-14H2,1-4H3,(H,29,30,31). The Morgan fingerprint density at radius 3 is 2.62 bits per heavy atom. The Balaban J connectivity index is 1.39. The summed E-state index contributed by atoms with van der Waals surface area (Å²) in [4.78, 5) is 29.0. The molecule has 0 radical (unpaired) electrons. The first-order chi connectivity index (χ1) is 17.8. The van der Waals surface area contributed by atoms with Crippen molar-refractivity contribution in [3.63, 3.8) is 0 Å². The number of fused-ring (bicyclic) bond motifs is 1. The van der Waals surface area contributed by atoms with E-state index in [0.29, 0.717) is 29.0 Å². The van der Waals surface area contributed by atoms with Crippen LogP contribution in [0.1, 0.15) is 38.3 Å². The Bertz CT molecular complexity index is 1310. The minimum Gasteiger partial charge on any atom is -0.341 e. The number of rotatable bonds is 6. The lowest BCUT2D eigenvalue weighted by molar-refractivity contribution is -0.136. The summed E-state index contributed by atoms with van der Waals surface area (Å²) in [5, 5.41) is 8.88. The molecule has 1 unspecified atom stereocenters. The van der Waals surface area contributed by atoms with E-state index in [9.17, 15) is 9.18 Å². The highest BCUT2D eigenvalue weighted by atomic mass is 35.5. The summed E-state index contributed by atoms with van der Waals surface area (Å²) in [6, 6.07) is 4.70. The molecule has 2 aliphatic heterocycles. The Morgan fingerprint density at radius 2 is 1.97 bits per heavy atom. The average Bonchev–Trinajstić information content (AvgIpc) is 3.47. The molecule has 0 bridgehead atoms. The Morgan fingerprint density at radius 1 is 1.22 bits per heavy atom. The number of anilines is 3. The molecule has 3 aromatic rings. The number of hydrogen-bond acceptors (Lipinski definition) is 7. The zero-order valence-corrected chi connectivity index (χ0v) is 22.6. The number of amides is 1. The molecule has 0 aliphatic carbocycles. The maximum absolute atomic E-state index is 14.6. The maximum atomic E-state index is 14.6. The normalized spacial score (nSPS) is 19.1. The van der Waals surface area contributed by atoms with Crippen molar-refractivity contribution >= 4 is 46.0 Å². The van der Waals surface area contributed by atoms with Crippen LogP contribution >= 0.6 is 11.6 Å². The third-order valence-electron chi connectivity index (χ3n) is 7.69. The highest BCUT2D eigenvalue weighted by molar-refractivity contribution is 6.30. The summed E-state index contributed by atoms with van der Waals surface area (Å²) in [6.45, 7) is 7.00. The first-order valence-electron chi connectivity index (χ1n) is 13.0. The molecule has 1 aromatic carbocycles. The molecule has 0 saturated carbocycles. The summed E-state index contributed by atoms with van der Waals surface area (Å²) >= 11 is 5.95. The largest absolute Gasteiger partial charge is 0.341 e. The van der Waals surface area contributed by atoms with E-state index in [1.807, 2.05) is 37.5 Å². The quantitative estimate of drug-likeness (QED) is 0.513. The number of likely N-dealkylation sites (tertiary alicyclic amines) is 1. The highest BCUT2D eigenvalue weighted by Gasteiger charge is 2.34. The number of nitrogens with one attached hydrogen (secondary N) is 1. The van der Waals surface area contributed by atoms with Crippen LogP contribution in [0.15, 0.2) is 18.2 Å². The number of nitrogens with zero attached hydrogens (tertiary/aromatic N) is 7. The van der Waals surface area contributed by atoms with E-state index >= 15 is 0 Å². The zero-order chi connectivity index (χ0) is 26.3. The number of hydrogen-bond donors (Lipinski definition) is 1. The first-order valence-corrected chi connectivity index (χ1v) is 13.3. The number of benzene rings is 1. The van der Waals surface area contributed by atoms with Gasteiger partial charge in [-0.1, -0.05) is 11.6 Å². The minimum absolute atomic E-state index is 0.00626. The average molecular weight is 529 g/mol. The molecule has 11 heteroatoms. The monoisotopic (exact) mass is 528 g/mol. The van der Waals surface area contributed by atoms with Crippen LogP contribution in [0.25, 0.3) is 11.0 Å². The van der Waals surface area contributed by atoms with Crippen LogP contribution in [0.2, 0.25) is 5.02 Å². The highest BCUT2D eigenvalue weighted by Crippen LogP contribution is 2.32. The van der Waals surface area contributed by atoms with Crippen molar-refractivity contribution < 1.29 is 9.18 Å². The Labute approximate surface area is 221 Å². The van der Waals surface area contributed by atoms with Crippen molar-refractivity contribution in [2.24, 2.45) is 0 Å². The molecular formula is C26H34ClFN8O. The third-order valence-corrected chi connectivity index (χ3v) is 7.92. The van der Waals surface area contributed by atoms with Crippen molar-refractivity contribution in [3.8, 4) is 0 Å². The van der Waals surface area contributed by atoms with Gasteiger partial charge in [-0.15, -0.1) is 0 Å². The molecule has 1 N–H and O–H groups in total. The summed E-state index contributed by atoms with van der Waals surface area (Å²) < 4.78 is 16.5. The van der Waals surface area contributed by atoms with E-state index in [2.05, 4.69) is 20.2 Å². The Kier molecular flexibility index (Phi) is 7.22. The molecule has 2 aromatic heterocycles. The van der Waals surface area contributed by atoms with Crippen LogP contribution in [-0.2, 0) is 11.3 Å². The van der Waals surface area contributed by atoms with Crippen LogP contribution in [0.5, 0.6) is 0 Å². The van der Waals surface area contributed by atoms with E-state index in [0.717, 1.165) is 56.4 Å². The smallest absolute Gasteiger partial charge is 0.239 e. The number of aryl methyl sites for hydroxylation is 2. The van der Waals surface area contributed by atoms with Gasteiger partial charge in [0.15, 0.2) is 5.65 Å². The van der Waals surface area contributed by atoms with Crippen molar-refractivity contribution in [2.75, 3.05) is 43.9 Å². The van der Waals surface area contributed by atoms with Crippen LogP contribution < -0.4 is 10.2 Å². The summed E-state index contributed by atoms with van der Waals surface area (Å²) in [5.41, 5.74) is 1.77. The number of likely N-dealkylation sites (N-methyl/N-ethyl adjacent to an activating group) is 2. The lowest BCUT2D eigenvalue weighted by atomic mass is 10.0. The Hall–Kier alpha value is -2.98. The second kappa shape index (κ2) is 10.4. The van der Waals surface area contributed by atoms with Crippen molar-refractivity contribution in [1.82, 2.24) is 29.5 Å². The van der Waals surface area contributed by atoms with Crippen LogP contribution in [-0.4, -0.2) is 81.3 Å². The predicted molar refractivity (Wildman–Crippen MR) is 144 cm³/mol. The molecule has 2 saturated heterocycles. The number of piperidine rings is 1. The van der Waals surface area contributed by atoms with Crippen LogP contribution in [0.4, 0.5) is 21.8 Å². The lowest BCUT2D eigenvalue weighted by Gasteiger charge is -2.38. The van der Waals surface area contributed by atoms with Crippen molar-refractivity contribution in [1.29, 1.82) is 0 Å². The molecule has 1 atom stereocenters. The van der Waals surface area contributed by atoms with Gasteiger partial charge in [0.2, 0.25) is 11.9 Å². The SMILES string of the molecule is CCn1nc(C)c2c(Nc3ccc(Cl)cc3F)nc(N3CCC(N(C)C(=O)C4CCCN4C)CC3)nc21. The molecule has 1 amide bonds. The van der Waals surface area contributed by atoms with Gasteiger partial charge in [-0.2, -0.15) is 15.1 Å². The van der Waals surface area contributed by atoms with Gasteiger partial charge in [0.25, 0.3) is 0 Å². The molecule has 2 fully saturated rings. The van der Waals surface area contributed by atoms with Gasteiger partial charge in [-0.05, 0) is 71.3 Å². The van der Waals surface area contributed by atoms with E-state index in [1.54, 1.807) is 12.1 Å². The number of carbonyl (C=O) groups is 1. The number of aromatic nitrogens is 4. The van der Waals surface area contributed by atoms with E-state index < -0.39 is 5.82 Å². The fraction of sp³-hybridized carbons (Fsp3) is 0.538. The maximum Gasteiger partial charge on any atom is 0.239 e. The molecule has 4 heterocycles. The topological polar surface area (TPSA) is 82.4 Å². The predicted octanol–water partition coefficient (Wildman–Crippen LogP) is 4.21. The van der Waals surface area contributed by atoms with Gasteiger partial charge >= 0.3 is 0 Å². The number of carbonyl (C=O) groups excluding carboxylic acids is 1. The summed E-state index contributed by atoms with van der Waals surface area (Å²) in [6.07, 6.45) is 3.67. The zero-order valence-electron chi connectivity index (χ0n) is 21.8. The van der Waals surface area contributed by atoms with Crippen LogP contribution in [0, 0.1) is 12.7 Å². The van der Waals surface area contributed by atoms with E-state index in [-0.39, 0.29) is 23.7 Å². The first kappa shape index (κ1) is 25.7. The number of halogens is 2. The van der Waals surface area contributed by atoms with Gasteiger partial charge < -0.3 is 15.1 Å².